The van der Waals surface area contributed by atoms with Gasteiger partial charge in [0.2, 0.25) is 5.91 Å². The van der Waals surface area contributed by atoms with Gasteiger partial charge in [-0.15, -0.1) is 0 Å². The number of halogens is 1. The lowest BCUT2D eigenvalue weighted by atomic mass is 10.2. The maximum atomic E-state index is 12.7. The molecule has 1 amide bonds. The van der Waals surface area contributed by atoms with Crippen molar-refractivity contribution in [3.8, 4) is 17.6 Å². The molecule has 10 heteroatoms. The van der Waals surface area contributed by atoms with Gasteiger partial charge in [0.05, 0.1) is 22.7 Å². The third-order valence-corrected chi connectivity index (χ3v) is 4.21. The van der Waals surface area contributed by atoms with E-state index in [0.717, 1.165) is 5.52 Å². The average molecular weight is 394 g/mol. The van der Waals surface area contributed by atoms with E-state index in [0.29, 0.717) is 27.6 Å². The Labute approximate surface area is 163 Å². The minimum atomic E-state index is -0.342. The number of aromatic nitrogens is 4. The summed E-state index contributed by atoms with van der Waals surface area (Å²) in [6.45, 7) is -0.0729. The molecule has 0 radical (unpaired) electrons. The Morgan fingerprint density at radius 1 is 1.29 bits per heavy atom. The first-order valence-corrected chi connectivity index (χ1v) is 8.47. The van der Waals surface area contributed by atoms with E-state index in [-0.39, 0.29) is 24.0 Å². The highest BCUT2D eigenvalue weighted by Crippen LogP contribution is 2.26. The van der Waals surface area contributed by atoms with E-state index in [1.54, 1.807) is 10.6 Å². The molecule has 2 aromatic heterocycles. The number of nitrogens with two attached hydrogens (primary N) is 1. The molecule has 2 aromatic carbocycles. The summed E-state index contributed by atoms with van der Waals surface area (Å²) in [4.78, 5) is 17.2. The summed E-state index contributed by atoms with van der Waals surface area (Å²) in [5.41, 5.74) is 8.20. The Morgan fingerprint density at radius 3 is 2.86 bits per heavy atom. The van der Waals surface area contributed by atoms with E-state index < -0.39 is 0 Å². The number of nitriles is 1. The van der Waals surface area contributed by atoms with Gasteiger partial charge in [0.1, 0.15) is 6.54 Å². The largest absolute Gasteiger partial charge is 0.379 e. The van der Waals surface area contributed by atoms with E-state index in [4.69, 9.17) is 22.6 Å². The molecule has 0 aliphatic heterocycles. The normalized spacial score (nSPS) is 10.7. The fourth-order valence-electron chi connectivity index (χ4n) is 2.84. The van der Waals surface area contributed by atoms with Crippen LogP contribution in [0.25, 0.3) is 22.6 Å². The molecule has 0 spiro atoms. The van der Waals surface area contributed by atoms with Crippen LogP contribution in [0.2, 0.25) is 5.02 Å². The van der Waals surface area contributed by atoms with Crippen LogP contribution < -0.4 is 11.1 Å². The summed E-state index contributed by atoms with van der Waals surface area (Å²) in [6.07, 6.45) is 0. The van der Waals surface area contributed by atoms with Crippen molar-refractivity contribution in [1.82, 2.24) is 19.9 Å². The number of para-hydroxylation sites is 2. The van der Waals surface area contributed by atoms with Gasteiger partial charge in [0.15, 0.2) is 17.3 Å². The molecule has 0 saturated carbocycles. The SMILES string of the molecule is N#Cc1cc(Cl)cc(NC(=O)Cn2c(-c3nonc3N)nc3ccccc32)c1. The maximum absolute atomic E-state index is 12.7. The molecule has 4 aromatic rings. The molecule has 9 nitrogen and oxygen atoms in total. The van der Waals surface area contributed by atoms with Gasteiger partial charge in [0.25, 0.3) is 0 Å². The summed E-state index contributed by atoms with van der Waals surface area (Å²) in [6, 6.07) is 13.9. The number of hydrogen-bond donors (Lipinski definition) is 2. The highest BCUT2D eigenvalue weighted by Gasteiger charge is 2.20. The van der Waals surface area contributed by atoms with Crippen molar-refractivity contribution in [1.29, 1.82) is 5.26 Å². The monoisotopic (exact) mass is 393 g/mol. The first kappa shape index (κ1) is 17.5. The van der Waals surface area contributed by atoms with Crippen LogP contribution in [0.5, 0.6) is 0 Å². The van der Waals surface area contributed by atoms with Crippen molar-refractivity contribution in [2.45, 2.75) is 6.54 Å². The second-order valence-corrected chi connectivity index (χ2v) is 6.33. The molecule has 138 valence electrons. The molecule has 0 fully saturated rings. The number of amides is 1. The van der Waals surface area contributed by atoms with Crippen molar-refractivity contribution in [3.05, 3.63) is 53.1 Å². The Kier molecular flexibility index (Phi) is 4.39. The molecule has 28 heavy (non-hydrogen) atoms. The molecule has 0 unspecified atom stereocenters. The summed E-state index contributed by atoms with van der Waals surface area (Å²) in [5.74, 6) is 0.0926. The predicted octanol–water partition coefficient (Wildman–Crippen LogP) is 2.83. The number of benzene rings is 2. The van der Waals surface area contributed by atoms with Gasteiger partial charge in [-0.05, 0) is 40.6 Å². The lowest BCUT2D eigenvalue weighted by Gasteiger charge is -2.10. The third-order valence-electron chi connectivity index (χ3n) is 3.99. The minimum absolute atomic E-state index is 0.0729. The highest BCUT2D eigenvalue weighted by molar-refractivity contribution is 6.31. The van der Waals surface area contributed by atoms with E-state index in [1.807, 2.05) is 30.3 Å². The number of carbonyl (C=O) groups is 1. The smallest absolute Gasteiger partial charge is 0.244 e. The zero-order valence-electron chi connectivity index (χ0n) is 14.3. The first-order chi connectivity index (χ1) is 13.5. The lowest BCUT2D eigenvalue weighted by molar-refractivity contribution is -0.116. The Balaban J connectivity index is 1.70. The molecule has 0 atom stereocenters. The van der Waals surface area contributed by atoms with Crippen LogP contribution in [-0.2, 0) is 11.3 Å². The van der Waals surface area contributed by atoms with E-state index in [1.165, 1.54) is 12.1 Å². The number of imidazole rings is 1. The number of nitrogen functional groups attached to an aromatic ring is 1. The van der Waals surface area contributed by atoms with Gasteiger partial charge in [-0.1, -0.05) is 23.7 Å². The summed E-state index contributed by atoms with van der Waals surface area (Å²) in [5, 5.41) is 19.5. The molecular weight excluding hydrogens is 382 g/mol. The van der Waals surface area contributed by atoms with Gasteiger partial charge >= 0.3 is 0 Å². The van der Waals surface area contributed by atoms with Gasteiger partial charge in [-0.2, -0.15) is 5.26 Å². The Hall–Kier alpha value is -3.90. The number of nitrogens with one attached hydrogen (secondary N) is 1. The number of nitrogens with zero attached hydrogens (tertiary/aromatic N) is 5. The van der Waals surface area contributed by atoms with Gasteiger partial charge in [0, 0.05) is 10.7 Å². The van der Waals surface area contributed by atoms with Gasteiger partial charge in [-0.25, -0.2) is 9.61 Å². The number of carbonyl (C=O) groups excluding carboxylic acids is 1. The van der Waals surface area contributed by atoms with Gasteiger partial charge < -0.3 is 15.6 Å². The molecule has 0 saturated heterocycles. The Morgan fingerprint density at radius 2 is 2.11 bits per heavy atom. The molecule has 0 bridgehead atoms. The highest BCUT2D eigenvalue weighted by atomic mass is 35.5. The van der Waals surface area contributed by atoms with E-state index in [9.17, 15) is 4.79 Å². The van der Waals surface area contributed by atoms with Crippen molar-refractivity contribution >= 4 is 40.0 Å². The second-order valence-electron chi connectivity index (χ2n) is 5.90. The van der Waals surface area contributed by atoms with Crippen LogP contribution in [0, 0.1) is 11.3 Å². The molecule has 0 aliphatic carbocycles. The van der Waals surface area contributed by atoms with Crippen molar-refractivity contribution in [2.75, 3.05) is 11.1 Å². The summed E-state index contributed by atoms with van der Waals surface area (Å²) >= 11 is 5.99. The van der Waals surface area contributed by atoms with Crippen LogP contribution in [0.1, 0.15) is 5.56 Å². The molecule has 4 rings (SSSR count). The van der Waals surface area contributed by atoms with Crippen LogP contribution >= 0.6 is 11.6 Å². The van der Waals surface area contributed by atoms with E-state index in [2.05, 4.69) is 25.2 Å². The standard InChI is InChI=1S/C18H12ClN7O2/c19-11-5-10(8-20)6-12(7-11)22-15(27)9-26-14-4-2-1-3-13(14)23-18(26)16-17(21)25-28-24-16/h1-7H,9H2,(H2,21,25)(H,22,27). The average Bonchev–Trinajstić information content (AvgIpc) is 3.24. The van der Waals surface area contributed by atoms with Crippen molar-refractivity contribution in [3.63, 3.8) is 0 Å². The number of rotatable bonds is 4. The van der Waals surface area contributed by atoms with Gasteiger partial charge in [-0.3, -0.25) is 4.79 Å². The third kappa shape index (κ3) is 3.24. The fourth-order valence-corrected chi connectivity index (χ4v) is 3.07. The van der Waals surface area contributed by atoms with Crippen LogP contribution in [0.15, 0.2) is 47.1 Å². The van der Waals surface area contributed by atoms with Crippen molar-refractivity contribution < 1.29 is 9.42 Å². The van der Waals surface area contributed by atoms with Crippen LogP contribution in [0.4, 0.5) is 11.5 Å². The Bertz CT molecular complexity index is 1240. The minimum Gasteiger partial charge on any atom is -0.379 e. The number of fused-ring (bicyclic) bond motifs is 1. The molecular formula is C18H12ClN7O2. The molecule has 3 N–H and O–H groups in total. The number of hydrogen-bond acceptors (Lipinski definition) is 7. The lowest BCUT2D eigenvalue weighted by Crippen LogP contribution is -2.19. The predicted molar refractivity (Wildman–Crippen MR) is 102 cm³/mol. The quantitative estimate of drug-likeness (QED) is 0.544. The summed E-state index contributed by atoms with van der Waals surface area (Å²) in [7, 11) is 0. The fraction of sp³-hybridized carbons (Fsp3) is 0.0556. The topological polar surface area (TPSA) is 136 Å². The summed E-state index contributed by atoms with van der Waals surface area (Å²) < 4.78 is 6.33. The van der Waals surface area contributed by atoms with Crippen LogP contribution in [0.3, 0.4) is 0 Å². The van der Waals surface area contributed by atoms with Crippen LogP contribution in [-0.4, -0.2) is 25.8 Å². The molecule has 0 aliphatic rings. The van der Waals surface area contributed by atoms with Crippen molar-refractivity contribution in [2.24, 2.45) is 0 Å². The zero-order chi connectivity index (χ0) is 19.7. The zero-order valence-corrected chi connectivity index (χ0v) is 15.0. The second kappa shape index (κ2) is 7.02. The maximum Gasteiger partial charge on any atom is 0.244 e. The number of anilines is 2. The van der Waals surface area contributed by atoms with E-state index >= 15 is 0 Å². The molecule has 2 heterocycles. The first-order valence-electron chi connectivity index (χ1n) is 8.09.